The molecule has 3 nitrogen and oxygen atoms in total. The highest BCUT2D eigenvalue weighted by Crippen LogP contribution is 2.28. The van der Waals surface area contributed by atoms with E-state index >= 15 is 0 Å². The zero-order valence-electron chi connectivity index (χ0n) is 10.0. The molecule has 1 atom stereocenters. The Morgan fingerprint density at radius 3 is 2.25 bits per heavy atom. The fourth-order valence-corrected chi connectivity index (χ4v) is 2.03. The molecule has 16 heavy (non-hydrogen) atoms. The molecule has 0 bridgehead atoms. The van der Waals surface area contributed by atoms with Crippen LogP contribution in [0.1, 0.15) is 13.8 Å². The van der Waals surface area contributed by atoms with Crippen LogP contribution < -0.4 is 5.73 Å². The third-order valence-corrected chi connectivity index (χ3v) is 3.39. The summed E-state index contributed by atoms with van der Waals surface area (Å²) < 4.78 is 38.2. The molecule has 0 aliphatic carbocycles. The van der Waals surface area contributed by atoms with Gasteiger partial charge in [-0.05, 0) is 20.9 Å². The molecule has 6 heteroatoms. The summed E-state index contributed by atoms with van der Waals surface area (Å²) in [6.45, 7) is 4.97. The normalized spacial score (nSPS) is 25.7. The summed E-state index contributed by atoms with van der Waals surface area (Å²) in [4.78, 5) is 3.52. The van der Waals surface area contributed by atoms with Crippen LogP contribution in [0.2, 0.25) is 0 Å². The van der Waals surface area contributed by atoms with Crippen molar-refractivity contribution in [2.24, 2.45) is 5.73 Å². The largest absolute Gasteiger partial charge is 0.405 e. The first-order chi connectivity index (χ1) is 7.18. The Morgan fingerprint density at radius 1 is 1.31 bits per heavy atom. The van der Waals surface area contributed by atoms with Gasteiger partial charge >= 0.3 is 6.18 Å². The fraction of sp³-hybridized carbons (Fsp3) is 1.00. The Bertz CT molecular complexity index is 240. The Labute approximate surface area is 94.4 Å². The van der Waals surface area contributed by atoms with Crippen molar-refractivity contribution in [1.29, 1.82) is 0 Å². The number of piperazine rings is 1. The lowest BCUT2D eigenvalue weighted by Gasteiger charge is -2.47. The van der Waals surface area contributed by atoms with Crippen molar-refractivity contribution in [3.63, 3.8) is 0 Å². The molecule has 0 aromatic heterocycles. The predicted molar refractivity (Wildman–Crippen MR) is 57.2 cm³/mol. The van der Waals surface area contributed by atoms with E-state index in [0.29, 0.717) is 19.6 Å². The number of hydrogen-bond acceptors (Lipinski definition) is 3. The van der Waals surface area contributed by atoms with Crippen molar-refractivity contribution in [1.82, 2.24) is 9.80 Å². The number of nitrogens with two attached hydrogens (primary N) is 1. The minimum absolute atomic E-state index is 0.239. The van der Waals surface area contributed by atoms with Crippen LogP contribution in [-0.4, -0.2) is 60.8 Å². The van der Waals surface area contributed by atoms with Crippen LogP contribution in [0.25, 0.3) is 0 Å². The van der Waals surface area contributed by atoms with Gasteiger partial charge in [0, 0.05) is 31.7 Å². The van der Waals surface area contributed by atoms with E-state index < -0.39 is 12.2 Å². The number of halogens is 3. The van der Waals surface area contributed by atoms with Gasteiger partial charge in [-0.3, -0.25) is 9.80 Å². The van der Waals surface area contributed by atoms with Gasteiger partial charge in [-0.15, -0.1) is 0 Å². The van der Waals surface area contributed by atoms with Gasteiger partial charge < -0.3 is 5.73 Å². The standard InChI is InChI=1S/C10H20F3N3/c1-9(2)7-16(5-4-15(9)3)8(6-14)10(11,12)13/h8H,4-7,14H2,1-3H3. The summed E-state index contributed by atoms with van der Waals surface area (Å²) in [6, 6.07) is -1.51. The molecule has 1 rings (SSSR count). The third-order valence-electron chi connectivity index (χ3n) is 3.39. The second-order valence-electron chi connectivity index (χ2n) is 5.00. The van der Waals surface area contributed by atoms with E-state index in [1.165, 1.54) is 4.90 Å². The van der Waals surface area contributed by atoms with E-state index in [0.717, 1.165) is 0 Å². The molecule has 1 aliphatic rings. The van der Waals surface area contributed by atoms with Gasteiger partial charge in [0.2, 0.25) is 0 Å². The zero-order chi connectivity index (χ0) is 12.6. The average Bonchev–Trinajstić information content (AvgIpc) is 2.09. The lowest BCUT2D eigenvalue weighted by atomic mass is 9.98. The van der Waals surface area contributed by atoms with Gasteiger partial charge in [0.15, 0.2) is 0 Å². The van der Waals surface area contributed by atoms with Crippen molar-refractivity contribution < 1.29 is 13.2 Å². The van der Waals surface area contributed by atoms with Crippen LogP contribution in [0.15, 0.2) is 0 Å². The van der Waals surface area contributed by atoms with E-state index in [1.54, 1.807) is 0 Å². The molecule has 0 saturated carbocycles. The van der Waals surface area contributed by atoms with Crippen LogP contribution in [0.3, 0.4) is 0 Å². The summed E-state index contributed by atoms with van der Waals surface area (Å²) in [5.41, 5.74) is 5.00. The van der Waals surface area contributed by atoms with Crippen LogP contribution in [0.5, 0.6) is 0 Å². The first-order valence-electron chi connectivity index (χ1n) is 5.40. The van der Waals surface area contributed by atoms with E-state index in [9.17, 15) is 13.2 Å². The molecule has 96 valence electrons. The minimum atomic E-state index is -4.24. The highest BCUT2D eigenvalue weighted by molar-refractivity contribution is 4.92. The molecule has 0 aromatic rings. The Morgan fingerprint density at radius 2 is 1.88 bits per heavy atom. The smallest absolute Gasteiger partial charge is 0.329 e. The molecule has 1 heterocycles. The SMILES string of the molecule is CN1CCN(C(CN)C(F)(F)F)CC1(C)C. The van der Waals surface area contributed by atoms with E-state index in [2.05, 4.69) is 4.90 Å². The maximum Gasteiger partial charge on any atom is 0.405 e. The molecule has 1 aliphatic heterocycles. The topological polar surface area (TPSA) is 32.5 Å². The molecule has 0 aromatic carbocycles. The Kier molecular flexibility index (Phi) is 3.87. The van der Waals surface area contributed by atoms with Crippen molar-refractivity contribution >= 4 is 0 Å². The summed E-state index contributed by atoms with van der Waals surface area (Å²) in [5.74, 6) is 0. The van der Waals surface area contributed by atoms with E-state index in [4.69, 9.17) is 5.73 Å². The first-order valence-corrected chi connectivity index (χ1v) is 5.40. The number of alkyl halides is 3. The van der Waals surface area contributed by atoms with Gasteiger partial charge in [0.1, 0.15) is 6.04 Å². The first kappa shape index (κ1) is 13.7. The lowest BCUT2D eigenvalue weighted by Crippen LogP contribution is -2.63. The molecule has 1 unspecified atom stereocenters. The summed E-state index contributed by atoms with van der Waals surface area (Å²) in [6.07, 6.45) is -4.24. The molecule has 1 saturated heterocycles. The summed E-state index contributed by atoms with van der Waals surface area (Å²) >= 11 is 0. The Balaban J connectivity index is 2.75. The van der Waals surface area contributed by atoms with Crippen LogP contribution in [-0.2, 0) is 0 Å². The molecular formula is C10H20F3N3. The lowest BCUT2D eigenvalue weighted by molar-refractivity contribution is -0.189. The molecular weight excluding hydrogens is 219 g/mol. The third kappa shape index (κ3) is 2.87. The maximum absolute atomic E-state index is 12.7. The number of likely N-dealkylation sites (N-methyl/N-ethyl adjacent to an activating group) is 1. The number of rotatable bonds is 2. The van der Waals surface area contributed by atoms with Crippen molar-refractivity contribution in [2.45, 2.75) is 31.6 Å². The molecule has 1 fully saturated rings. The fourth-order valence-electron chi connectivity index (χ4n) is 2.03. The highest BCUT2D eigenvalue weighted by Gasteiger charge is 2.45. The van der Waals surface area contributed by atoms with Crippen LogP contribution >= 0.6 is 0 Å². The van der Waals surface area contributed by atoms with Gasteiger partial charge in [-0.1, -0.05) is 0 Å². The maximum atomic E-state index is 12.7. The van der Waals surface area contributed by atoms with Gasteiger partial charge in [-0.25, -0.2) is 0 Å². The minimum Gasteiger partial charge on any atom is -0.329 e. The summed E-state index contributed by atoms with van der Waals surface area (Å²) in [5, 5.41) is 0. The number of hydrogen-bond donors (Lipinski definition) is 1. The average molecular weight is 239 g/mol. The van der Waals surface area contributed by atoms with Crippen LogP contribution in [0, 0.1) is 0 Å². The van der Waals surface area contributed by atoms with Gasteiger partial charge in [0.05, 0.1) is 0 Å². The predicted octanol–water partition coefficient (Wildman–Crippen LogP) is 0.902. The molecule has 0 amide bonds. The molecule has 0 spiro atoms. The van der Waals surface area contributed by atoms with Crippen molar-refractivity contribution in [2.75, 3.05) is 33.2 Å². The highest BCUT2D eigenvalue weighted by atomic mass is 19.4. The van der Waals surface area contributed by atoms with Gasteiger partial charge in [-0.2, -0.15) is 13.2 Å². The molecule has 0 radical (unpaired) electrons. The van der Waals surface area contributed by atoms with Crippen LogP contribution in [0.4, 0.5) is 13.2 Å². The quantitative estimate of drug-likeness (QED) is 0.777. The van der Waals surface area contributed by atoms with Gasteiger partial charge in [0.25, 0.3) is 0 Å². The monoisotopic (exact) mass is 239 g/mol. The second-order valence-corrected chi connectivity index (χ2v) is 5.00. The Hall–Kier alpha value is -0.330. The second kappa shape index (κ2) is 4.50. The van der Waals surface area contributed by atoms with Crippen molar-refractivity contribution in [3.8, 4) is 0 Å². The van der Waals surface area contributed by atoms with Crippen molar-refractivity contribution in [3.05, 3.63) is 0 Å². The van der Waals surface area contributed by atoms with E-state index in [-0.39, 0.29) is 12.1 Å². The van der Waals surface area contributed by atoms with E-state index in [1.807, 2.05) is 20.9 Å². The zero-order valence-corrected chi connectivity index (χ0v) is 10.0. The number of nitrogens with zero attached hydrogens (tertiary/aromatic N) is 2. The summed E-state index contributed by atoms with van der Waals surface area (Å²) in [7, 11) is 1.93. The molecule has 2 N–H and O–H groups in total.